The quantitative estimate of drug-likeness (QED) is 0.715. The summed E-state index contributed by atoms with van der Waals surface area (Å²) in [6, 6.07) is 7.44. The molecule has 0 saturated carbocycles. The molecular formula is C20H19F5N2O. The molecule has 3 nitrogen and oxygen atoms in total. The van der Waals surface area contributed by atoms with Gasteiger partial charge in [0, 0.05) is 49.4 Å². The molecular weight excluding hydrogens is 379 g/mol. The summed E-state index contributed by atoms with van der Waals surface area (Å²) in [6.07, 6.45) is -6.28. The molecule has 4 rings (SSSR count). The Hall–Kier alpha value is -2.22. The first-order chi connectivity index (χ1) is 13.2. The van der Waals surface area contributed by atoms with Gasteiger partial charge in [-0.15, -0.1) is 0 Å². The van der Waals surface area contributed by atoms with Gasteiger partial charge in [0.25, 0.3) is 12.0 Å². The van der Waals surface area contributed by atoms with E-state index in [0.29, 0.717) is 31.9 Å². The summed E-state index contributed by atoms with van der Waals surface area (Å²) < 4.78 is 66.6. The summed E-state index contributed by atoms with van der Waals surface area (Å²) in [5.74, 6) is -0.0221. The lowest BCUT2D eigenvalue weighted by atomic mass is 9.81. The van der Waals surface area contributed by atoms with Crippen molar-refractivity contribution in [3.05, 3.63) is 69.1 Å². The molecule has 1 aromatic carbocycles. The number of alkyl halides is 5. The van der Waals surface area contributed by atoms with Crippen molar-refractivity contribution in [3.8, 4) is 0 Å². The molecule has 0 spiro atoms. The van der Waals surface area contributed by atoms with Gasteiger partial charge >= 0.3 is 6.18 Å². The van der Waals surface area contributed by atoms with Crippen LogP contribution in [0.1, 0.15) is 41.1 Å². The van der Waals surface area contributed by atoms with Gasteiger partial charge in [0.15, 0.2) is 0 Å². The molecule has 2 aliphatic rings. The molecule has 2 aromatic rings. The van der Waals surface area contributed by atoms with Gasteiger partial charge in [0.1, 0.15) is 0 Å². The van der Waals surface area contributed by atoms with Crippen LogP contribution in [-0.2, 0) is 19.3 Å². The van der Waals surface area contributed by atoms with Crippen LogP contribution < -0.4 is 5.56 Å². The van der Waals surface area contributed by atoms with E-state index < -0.39 is 18.2 Å². The van der Waals surface area contributed by atoms with Crippen molar-refractivity contribution in [2.45, 2.75) is 38.0 Å². The SMILES string of the molecule is O=c1ccc(C(F)F)c2n1C[C@@H]1C[C@@H]2CN(Cc2ccc(C(F)(F)F)cc2)C1. The Morgan fingerprint density at radius 3 is 2.36 bits per heavy atom. The van der Waals surface area contributed by atoms with Crippen molar-refractivity contribution < 1.29 is 22.0 Å². The van der Waals surface area contributed by atoms with Gasteiger partial charge in [-0.1, -0.05) is 12.1 Å². The van der Waals surface area contributed by atoms with Crippen molar-refractivity contribution in [1.29, 1.82) is 0 Å². The van der Waals surface area contributed by atoms with Gasteiger partial charge in [0.2, 0.25) is 0 Å². The minimum absolute atomic E-state index is 0.0977. The highest BCUT2D eigenvalue weighted by Gasteiger charge is 2.37. The Morgan fingerprint density at radius 1 is 1.00 bits per heavy atom. The Kier molecular flexibility index (Phi) is 4.77. The monoisotopic (exact) mass is 398 g/mol. The fraction of sp³-hybridized carbons (Fsp3) is 0.450. The Morgan fingerprint density at radius 2 is 1.71 bits per heavy atom. The number of aromatic nitrogens is 1. The molecule has 1 fully saturated rings. The van der Waals surface area contributed by atoms with E-state index in [1.54, 1.807) is 0 Å². The second-order valence-corrected chi connectivity index (χ2v) is 7.61. The van der Waals surface area contributed by atoms with E-state index in [4.69, 9.17) is 0 Å². The molecule has 150 valence electrons. The van der Waals surface area contributed by atoms with Crippen molar-refractivity contribution >= 4 is 0 Å². The first-order valence-electron chi connectivity index (χ1n) is 9.12. The molecule has 0 N–H and O–H groups in total. The van der Waals surface area contributed by atoms with E-state index in [0.717, 1.165) is 24.1 Å². The summed E-state index contributed by atoms with van der Waals surface area (Å²) in [6.45, 7) is 2.03. The number of fused-ring (bicyclic) bond motifs is 4. The van der Waals surface area contributed by atoms with Gasteiger partial charge in [-0.25, -0.2) is 8.78 Å². The summed E-state index contributed by atoms with van der Waals surface area (Å²) in [4.78, 5) is 14.2. The van der Waals surface area contributed by atoms with Crippen LogP contribution in [0.4, 0.5) is 22.0 Å². The molecule has 2 aliphatic heterocycles. The molecule has 0 amide bonds. The van der Waals surface area contributed by atoms with E-state index in [9.17, 15) is 26.7 Å². The van der Waals surface area contributed by atoms with Gasteiger partial charge < -0.3 is 4.57 Å². The summed E-state index contributed by atoms with van der Waals surface area (Å²) in [5.41, 5.74) is 0.106. The fourth-order valence-corrected chi connectivity index (χ4v) is 4.52. The molecule has 1 aromatic heterocycles. The molecule has 2 atom stereocenters. The van der Waals surface area contributed by atoms with Crippen LogP contribution in [0.15, 0.2) is 41.2 Å². The molecule has 2 bridgehead atoms. The standard InChI is InChI=1S/C20H19F5N2O/c21-19(22)16-5-6-17(28)27-10-13-7-14(18(16)27)11-26(9-13)8-12-1-3-15(4-2-12)20(23,24)25/h1-6,13-14,19H,7-11H2/t13-,14-/m1/s1. The third-order valence-corrected chi connectivity index (χ3v) is 5.62. The normalized spacial score (nSPS) is 22.4. The average molecular weight is 398 g/mol. The molecule has 0 radical (unpaired) electrons. The summed E-state index contributed by atoms with van der Waals surface area (Å²) in [5, 5.41) is 0. The van der Waals surface area contributed by atoms with Gasteiger partial charge in [-0.05, 0) is 36.1 Å². The lowest BCUT2D eigenvalue weighted by Gasteiger charge is -2.43. The van der Waals surface area contributed by atoms with Crippen molar-refractivity contribution in [1.82, 2.24) is 9.47 Å². The lowest BCUT2D eigenvalue weighted by molar-refractivity contribution is -0.137. The van der Waals surface area contributed by atoms with Crippen LogP contribution in [0.5, 0.6) is 0 Å². The third kappa shape index (κ3) is 3.57. The fourth-order valence-electron chi connectivity index (χ4n) is 4.52. The predicted molar refractivity (Wildman–Crippen MR) is 93.2 cm³/mol. The highest BCUT2D eigenvalue weighted by molar-refractivity contribution is 5.29. The maximum absolute atomic E-state index is 13.5. The number of nitrogens with zero attached hydrogens (tertiary/aromatic N) is 2. The van der Waals surface area contributed by atoms with E-state index in [1.165, 1.54) is 28.8 Å². The minimum atomic E-state index is -4.37. The second-order valence-electron chi connectivity index (χ2n) is 7.61. The van der Waals surface area contributed by atoms with Gasteiger partial charge in [-0.3, -0.25) is 9.69 Å². The smallest absolute Gasteiger partial charge is 0.312 e. The van der Waals surface area contributed by atoms with Crippen LogP contribution in [-0.4, -0.2) is 22.6 Å². The predicted octanol–water partition coefficient (Wildman–Crippen LogP) is 4.42. The average Bonchev–Trinajstić information content (AvgIpc) is 2.62. The number of rotatable bonds is 3. The largest absolute Gasteiger partial charge is 0.416 e. The lowest BCUT2D eigenvalue weighted by Crippen LogP contribution is -2.47. The number of pyridine rings is 1. The minimum Gasteiger partial charge on any atom is -0.312 e. The molecule has 0 aliphatic carbocycles. The Bertz CT molecular complexity index is 920. The number of likely N-dealkylation sites (tertiary alicyclic amines) is 1. The molecule has 8 heteroatoms. The number of benzene rings is 1. The second kappa shape index (κ2) is 6.99. The first kappa shape index (κ1) is 19.1. The topological polar surface area (TPSA) is 25.2 Å². The van der Waals surface area contributed by atoms with Gasteiger partial charge in [-0.2, -0.15) is 13.2 Å². The highest BCUT2D eigenvalue weighted by atomic mass is 19.4. The number of hydrogen-bond acceptors (Lipinski definition) is 2. The van der Waals surface area contributed by atoms with Crippen LogP contribution in [0.25, 0.3) is 0 Å². The summed E-state index contributed by atoms with van der Waals surface area (Å²) in [7, 11) is 0. The molecule has 1 saturated heterocycles. The van der Waals surface area contributed by atoms with Crippen molar-refractivity contribution in [3.63, 3.8) is 0 Å². The van der Waals surface area contributed by atoms with E-state index in [-0.39, 0.29) is 23.0 Å². The maximum Gasteiger partial charge on any atom is 0.416 e. The summed E-state index contributed by atoms with van der Waals surface area (Å²) >= 11 is 0. The van der Waals surface area contributed by atoms with E-state index >= 15 is 0 Å². The van der Waals surface area contributed by atoms with Gasteiger partial charge in [0.05, 0.1) is 5.56 Å². The number of halogens is 5. The van der Waals surface area contributed by atoms with Crippen LogP contribution in [0.3, 0.4) is 0 Å². The zero-order chi connectivity index (χ0) is 20.1. The van der Waals surface area contributed by atoms with Crippen LogP contribution in [0, 0.1) is 5.92 Å². The van der Waals surface area contributed by atoms with Crippen LogP contribution >= 0.6 is 0 Å². The Balaban J connectivity index is 1.56. The number of hydrogen-bond donors (Lipinski definition) is 0. The molecule has 28 heavy (non-hydrogen) atoms. The number of piperidine rings is 1. The van der Waals surface area contributed by atoms with E-state index in [1.807, 2.05) is 0 Å². The maximum atomic E-state index is 13.5. The zero-order valence-electron chi connectivity index (χ0n) is 14.9. The Labute approximate surface area is 158 Å². The van der Waals surface area contributed by atoms with E-state index in [2.05, 4.69) is 4.90 Å². The van der Waals surface area contributed by atoms with Crippen LogP contribution in [0.2, 0.25) is 0 Å². The molecule has 3 heterocycles. The highest BCUT2D eigenvalue weighted by Crippen LogP contribution is 2.39. The first-order valence-corrected chi connectivity index (χ1v) is 9.12. The molecule has 0 unspecified atom stereocenters. The third-order valence-electron chi connectivity index (χ3n) is 5.62. The zero-order valence-corrected chi connectivity index (χ0v) is 14.9. The van der Waals surface area contributed by atoms with Crippen molar-refractivity contribution in [2.24, 2.45) is 5.92 Å². The van der Waals surface area contributed by atoms with Crippen molar-refractivity contribution in [2.75, 3.05) is 13.1 Å².